The van der Waals surface area contributed by atoms with Gasteiger partial charge in [-0.25, -0.2) is 0 Å². The molecule has 2 aliphatic carbocycles. The van der Waals surface area contributed by atoms with Crippen LogP contribution in [0.2, 0.25) is 0 Å². The van der Waals surface area contributed by atoms with Gasteiger partial charge in [-0.1, -0.05) is 39.0 Å². The van der Waals surface area contributed by atoms with Crippen LogP contribution in [0.25, 0.3) is 0 Å². The minimum Gasteiger partial charge on any atom is -0.481 e. The normalized spacial score (nSPS) is 33.9. The fourth-order valence-corrected chi connectivity index (χ4v) is 3.72. The van der Waals surface area contributed by atoms with Crippen molar-refractivity contribution in [2.24, 2.45) is 23.7 Å². The zero-order chi connectivity index (χ0) is 14.5. The second-order valence-corrected chi connectivity index (χ2v) is 6.69. The third kappa shape index (κ3) is 3.97. The van der Waals surface area contributed by atoms with E-state index in [0.717, 1.165) is 31.1 Å². The average Bonchev–Trinajstić information content (AvgIpc) is 2.90. The molecule has 1 amide bonds. The van der Waals surface area contributed by atoms with Crippen LogP contribution in [0.1, 0.15) is 58.3 Å². The summed E-state index contributed by atoms with van der Waals surface area (Å²) in [5.41, 5.74) is 0. The van der Waals surface area contributed by atoms with Crippen molar-refractivity contribution in [1.29, 1.82) is 0 Å². The molecule has 0 aliphatic heterocycles. The lowest BCUT2D eigenvalue weighted by molar-refractivity contribution is -0.146. The highest BCUT2D eigenvalue weighted by Gasteiger charge is 2.37. The Bertz CT molecular complexity index is 348. The van der Waals surface area contributed by atoms with Crippen LogP contribution in [0.4, 0.5) is 0 Å². The second-order valence-electron chi connectivity index (χ2n) is 6.69. The van der Waals surface area contributed by atoms with E-state index in [1.165, 1.54) is 25.7 Å². The van der Waals surface area contributed by atoms with Crippen LogP contribution in [-0.4, -0.2) is 23.5 Å². The first kappa shape index (κ1) is 15.3. The highest BCUT2D eigenvalue weighted by Crippen LogP contribution is 2.32. The molecule has 0 saturated heterocycles. The van der Waals surface area contributed by atoms with E-state index in [9.17, 15) is 9.59 Å². The Morgan fingerprint density at radius 2 is 1.70 bits per heavy atom. The predicted octanol–water partition coefficient (Wildman–Crippen LogP) is 2.82. The quantitative estimate of drug-likeness (QED) is 0.814. The van der Waals surface area contributed by atoms with Crippen LogP contribution in [0.15, 0.2) is 0 Å². The zero-order valence-electron chi connectivity index (χ0n) is 12.4. The van der Waals surface area contributed by atoms with Gasteiger partial charge in [0.25, 0.3) is 0 Å². The maximum absolute atomic E-state index is 12.1. The molecule has 2 aliphatic rings. The second kappa shape index (κ2) is 7.09. The molecule has 114 valence electrons. The fraction of sp³-hybridized carbons (Fsp3) is 0.875. The lowest BCUT2D eigenvalue weighted by atomic mass is 9.81. The zero-order valence-corrected chi connectivity index (χ0v) is 12.4. The molecule has 0 heterocycles. The van der Waals surface area contributed by atoms with Gasteiger partial charge in [0.1, 0.15) is 0 Å². The van der Waals surface area contributed by atoms with Gasteiger partial charge in [-0.3, -0.25) is 9.59 Å². The van der Waals surface area contributed by atoms with Crippen molar-refractivity contribution in [2.75, 3.05) is 6.54 Å². The molecule has 2 N–H and O–H groups in total. The molecule has 2 unspecified atom stereocenters. The Morgan fingerprint density at radius 1 is 1.05 bits per heavy atom. The van der Waals surface area contributed by atoms with Crippen molar-refractivity contribution >= 4 is 11.9 Å². The molecule has 2 fully saturated rings. The van der Waals surface area contributed by atoms with Crippen molar-refractivity contribution in [3.05, 3.63) is 0 Å². The van der Waals surface area contributed by atoms with Crippen LogP contribution >= 0.6 is 0 Å². The summed E-state index contributed by atoms with van der Waals surface area (Å²) in [4.78, 5) is 23.2. The van der Waals surface area contributed by atoms with E-state index in [-0.39, 0.29) is 11.8 Å². The van der Waals surface area contributed by atoms with E-state index < -0.39 is 11.9 Å². The molecule has 20 heavy (non-hydrogen) atoms. The summed E-state index contributed by atoms with van der Waals surface area (Å²) in [6.07, 6.45) is 8.44. The largest absolute Gasteiger partial charge is 0.481 e. The average molecular weight is 281 g/mol. The number of carboxylic acids is 1. The van der Waals surface area contributed by atoms with Gasteiger partial charge >= 0.3 is 5.97 Å². The Kier molecular flexibility index (Phi) is 5.44. The van der Waals surface area contributed by atoms with Crippen LogP contribution in [-0.2, 0) is 9.59 Å². The van der Waals surface area contributed by atoms with Gasteiger partial charge in [0, 0.05) is 6.54 Å². The highest BCUT2D eigenvalue weighted by molar-refractivity contribution is 5.85. The molecule has 2 atom stereocenters. The summed E-state index contributed by atoms with van der Waals surface area (Å²) < 4.78 is 0. The summed E-state index contributed by atoms with van der Waals surface area (Å²) in [5.74, 6) is -0.0339. The van der Waals surface area contributed by atoms with Gasteiger partial charge in [0.05, 0.1) is 11.8 Å². The summed E-state index contributed by atoms with van der Waals surface area (Å²) in [7, 11) is 0. The fourth-order valence-electron chi connectivity index (χ4n) is 3.72. The van der Waals surface area contributed by atoms with Gasteiger partial charge in [0.2, 0.25) is 5.91 Å². The molecule has 0 spiro atoms. The number of hydrogen-bond donors (Lipinski definition) is 2. The number of amides is 1. The number of aliphatic carboxylic acids is 1. The van der Waals surface area contributed by atoms with Gasteiger partial charge in [0.15, 0.2) is 0 Å². The molecule has 2 saturated carbocycles. The van der Waals surface area contributed by atoms with Crippen molar-refractivity contribution in [2.45, 2.75) is 58.3 Å². The molecular formula is C16H27NO3. The number of rotatable bonds is 5. The maximum Gasteiger partial charge on any atom is 0.307 e. The smallest absolute Gasteiger partial charge is 0.307 e. The molecular weight excluding hydrogens is 254 g/mol. The summed E-state index contributed by atoms with van der Waals surface area (Å²) in [5, 5.41) is 12.1. The van der Waals surface area contributed by atoms with E-state index in [2.05, 4.69) is 12.2 Å². The summed E-state index contributed by atoms with van der Waals surface area (Å²) in [6.45, 7) is 3.02. The van der Waals surface area contributed by atoms with Crippen molar-refractivity contribution in [3.8, 4) is 0 Å². The number of carbonyl (C=O) groups is 2. The number of nitrogens with one attached hydrogen (secondary N) is 1. The summed E-state index contributed by atoms with van der Waals surface area (Å²) >= 11 is 0. The van der Waals surface area contributed by atoms with Crippen LogP contribution in [0.5, 0.6) is 0 Å². The lowest BCUT2D eigenvalue weighted by Crippen LogP contribution is -2.36. The first-order chi connectivity index (χ1) is 9.58. The molecule has 0 radical (unpaired) electrons. The Morgan fingerprint density at radius 3 is 2.35 bits per heavy atom. The van der Waals surface area contributed by atoms with Gasteiger partial charge in [-0.15, -0.1) is 0 Å². The number of hydrogen-bond acceptors (Lipinski definition) is 2. The first-order valence-corrected chi connectivity index (χ1v) is 8.08. The van der Waals surface area contributed by atoms with Crippen LogP contribution < -0.4 is 5.32 Å². The van der Waals surface area contributed by atoms with Gasteiger partial charge in [-0.05, 0) is 31.1 Å². The molecule has 4 heteroatoms. The number of carbonyl (C=O) groups excluding carboxylic acids is 1. The van der Waals surface area contributed by atoms with Crippen LogP contribution in [0, 0.1) is 23.7 Å². The van der Waals surface area contributed by atoms with E-state index in [1.54, 1.807) is 0 Å². The SMILES string of the molecule is CC1CCC(CCNC(=O)C2CCCC2C(=O)O)CC1. The van der Waals surface area contributed by atoms with Crippen molar-refractivity contribution in [1.82, 2.24) is 5.32 Å². The predicted molar refractivity (Wildman–Crippen MR) is 77.2 cm³/mol. The van der Waals surface area contributed by atoms with E-state index >= 15 is 0 Å². The minimum absolute atomic E-state index is 0.0425. The van der Waals surface area contributed by atoms with Crippen molar-refractivity contribution < 1.29 is 14.7 Å². The van der Waals surface area contributed by atoms with E-state index in [4.69, 9.17) is 5.11 Å². The molecule has 0 bridgehead atoms. The molecule has 4 nitrogen and oxygen atoms in total. The standard InChI is InChI=1S/C16H27NO3/c1-11-5-7-12(8-6-11)9-10-17-15(18)13-3-2-4-14(13)16(19)20/h11-14H,2-10H2,1H3,(H,17,18)(H,19,20). The molecule has 0 aromatic rings. The monoisotopic (exact) mass is 281 g/mol. The molecule has 2 rings (SSSR count). The van der Waals surface area contributed by atoms with E-state index in [0.29, 0.717) is 13.0 Å². The highest BCUT2D eigenvalue weighted by atomic mass is 16.4. The minimum atomic E-state index is -0.816. The maximum atomic E-state index is 12.1. The molecule has 0 aromatic heterocycles. The van der Waals surface area contributed by atoms with Crippen LogP contribution in [0.3, 0.4) is 0 Å². The Labute approximate surface area is 121 Å². The van der Waals surface area contributed by atoms with Gasteiger partial charge < -0.3 is 10.4 Å². The molecule has 0 aromatic carbocycles. The topological polar surface area (TPSA) is 66.4 Å². The third-order valence-corrected chi connectivity index (χ3v) is 5.16. The lowest BCUT2D eigenvalue weighted by Gasteiger charge is -2.26. The number of carboxylic acid groups (broad SMARTS) is 1. The first-order valence-electron chi connectivity index (χ1n) is 8.08. The Balaban J connectivity index is 1.68. The van der Waals surface area contributed by atoms with Gasteiger partial charge in [-0.2, -0.15) is 0 Å². The van der Waals surface area contributed by atoms with E-state index in [1.807, 2.05) is 0 Å². The third-order valence-electron chi connectivity index (χ3n) is 5.16. The Hall–Kier alpha value is -1.06. The van der Waals surface area contributed by atoms with Crippen molar-refractivity contribution in [3.63, 3.8) is 0 Å². The summed E-state index contributed by atoms with van der Waals surface area (Å²) in [6, 6.07) is 0.